The van der Waals surface area contributed by atoms with Gasteiger partial charge in [-0.3, -0.25) is 4.57 Å². The van der Waals surface area contributed by atoms with Crippen molar-refractivity contribution in [3.63, 3.8) is 0 Å². The molecule has 0 aliphatic carbocycles. The zero-order chi connectivity index (χ0) is 39.8. The van der Waals surface area contributed by atoms with E-state index in [2.05, 4.69) is 228 Å². The monoisotopic (exact) mass is 766 g/mol. The van der Waals surface area contributed by atoms with Gasteiger partial charge in [-0.1, -0.05) is 188 Å². The highest BCUT2D eigenvalue weighted by atomic mass is 15.3. The van der Waals surface area contributed by atoms with Crippen LogP contribution in [0.5, 0.6) is 0 Å². The number of fused-ring (bicyclic) bond motifs is 3. The predicted octanol–water partition coefficient (Wildman–Crippen LogP) is 14.4. The van der Waals surface area contributed by atoms with Crippen LogP contribution in [-0.2, 0) is 0 Å². The molecule has 2 aromatic heterocycles. The summed E-state index contributed by atoms with van der Waals surface area (Å²) in [6.07, 6.45) is 0. The van der Waals surface area contributed by atoms with Gasteiger partial charge in [0.15, 0.2) is 11.6 Å². The van der Waals surface area contributed by atoms with Crippen LogP contribution in [0, 0.1) is 0 Å². The lowest BCUT2D eigenvalue weighted by Gasteiger charge is -2.16. The van der Waals surface area contributed by atoms with Gasteiger partial charge in [0.25, 0.3) is 0 Å². The van der Waals surface area contributed by atoms with Crippen LogP contribution in [0.15, 0.2) is 231 Å². The van der Waals surface area contributed by atoms with Gasteiger partial charge in [-0.05, 0) is 87.0 Å². The molecule has 0 aliphatic heterocycles. The molecule has 2 heterocycles. The van der Waals surface area contributed by atoms with Crippen LogP contribution in [0.2, 0.25) is 0 Å². The van der Waals surface area contributed by atoms with E-state index < -0.39 is 0 Å². The fraction of sp³-hybridized carbons (Fsp3) is 0. The number of para-hydroxylation sites is 3. The number of benzene rings is 9. The first-order valence-corrected chi connectivity index (χ1v) is 20.3. The van der Waals surface area contributed by atoms with Crippen molar-refractivity contribution in [3.8, 4) is 78.7 Å². The molecule has 0 fully saturated rings. The van der Waals surface area contributed by atoms with Crippen molar-refractivity contribution in [1.29, 1.82) is 0 Å². The summed E-state index contributed by atoms with van der Waals surface area (Å²) in [4.78, 5) is 0. The Balaban J connectivity index is 0.948. The Labute approximate surface area is 348 Å². The third-order valence-corrected chi connectivity index (χ3v) is 11.5. The third kappa shape index (κ3) is 6.19. The van der Waals surface area contributed by atoms with E-state index in [9.17, 15) is 0 Å². The summed E-state index contributed by atoms with van der Waals surface area (Å²) in [5.41, 5.74) is 15.9. The summed E-state index contributed by atoms with van der Waals surface area (Å²) in [6, 6.07) is 81.8. The first-order chi connectivity index (χ1) is 29.8. The van der Waals surface area contributed by atoms with Crippen LogP contribution in [-0.4, -0.2) is 19.3 Å². The standard InChI is InChI=1S/C56H38N4/c1-3-16-39(17-4-1)43-18-15-19-44(38-43)56-58-57-55(60(56)45-20-5-2-6-21-45)42-32-30-40(31-33-42)47-22-7-9-24-49(47)50-25-10-8-23-48(50)41-34-36-46(37-35-41)59-53-28-13-11-26-51(53)52-27-12-14-29-54(52)59/h1-38H. The molecule has 0 bridgehead atoms. The molecule has 0 spiro atoms. The van der Waals surface area contributed by atoms with E-state index in [0.29, 0.717) is 0 Å². The minimum atomic E-state index is 0.788. The molecule has 0 unspecified atom stereocenters. The van der Waals surface area contributed by atoms with Crippen LogP contribution < -0.4 is 0 Å². The molecular formula is C56H38N4. The first-order valence-electron chi connectivity index (χ1n) is 20.3. The summed E-state index contributed by atoms with van der Waals surface area (Å²) >= 11 is 0. The molecule has 0 N–H and O–H groups in total. The summed E-state index contributed by atoms with van der Waals surface area (Å²) in [5, 5.41) is 12.2. The minimum absolute atomic E-state index is 0.788. The van der Waals surface area contributed by atoms with Crippen molar-refractivity contribution in [1.82, 2.24) is 19.3 Å². The largest absolute Gasteiger partial charge is 0.309 e. The van der Waals surface area contributed by atoms with Gasteiger partial charge in [0.2, 0.25) is 0 Å². The molecule has 0 saturated carbocycles. The normalized spacial score (nSPS) is 11.3. The van der Waals surface area contributed by atoms with E-state index in [4.69, 9.17) is 10.2 Å². The van der Waals surface area contributed by atoms with Gasteiger partial charge >= 0.3 is 0 Å². The zero-order valence-corrected chi connectivity index (χ0v) is 32.7. The van der Waals surface area contributed by atoms with E-state index in [-0.39, 0.29) is 0 Å². The summed E-state index contributed by atoms with van der Waals surface area (Å²) in [7, 11) is 0. The molecule has 0 aliphatic rings. The van der Waals surface area contributed by atoms with Crippen molar-refractivity contribution in [2.24, 2.45) is 0 Å². The fourth-order valence-electron chi connectivity index (χ4n) is 8.68. The van der Waals surface area contributed by atoms with Crippen molar-refractivity contribution in [3.05, 3.63) is 231 Å². The second kappa shape index (κ2) is 15.0. The van der Waals surface area contributed by atoms with E-state index in [1.807, 2.05) is 12.1 Å². The maximum Gasteiger partial charge on any atom is 0.168 e. The second-order valence-corrected chi connectivity index (χ2v) is 15.1. The van der Waals surface area contributed by atoms with Gasteiger partial charge in [-0.2, -0.15) is 0 Å². The van der Waals surface area contributed by atoms with Gasteiger partial charge < -0.3 is 4.57 Å². The van der Waals surface area contributed by atoms with Gasteiger partial charge in [0, 0.05) is 33.3 Å². The number of hydrogen-bond donors (Lipinski definition) is 0. The van der Waals surface area contributed by atoms with Crippen LogP contribution in [0.25, 0.3) is 100 Å². The molecule has 0 saturated heterocycles. The fourth-order valence-corrected chi connectivity index (χ4v) is 8.68. The molecule has 0 radical (unpaired) electrons. The number of hydrogen-bond acceptors (Lipinski definition) is 2. The van der Waals surface area contributed by atoms with Gasteiger partial charge in [0.1, 0.15) is 0 Å². The predicted molar refractivity (Wildman–Crippen MR) is 248 cm³/mol. The molecule has 0 amide bonds. The van der Waals surface area contributed by atoms with Crippen LogP contribution in [0.4, 0.5) is 0 Å². The Morgan fingerprint density at radius 1 is 0.250 bits per heavy atom. The summed E-state index contributed by atoms with van der Waals surface area (Å²) in [6.45, 7) is 0. The Hall–Kier alpha value is -8.08. The van der Waals surface area contributed by atoms with Crippen molar-refractivity contribution >= 4 is 21.8 Å². The molecule has 4 heteroatoms. The van der Waals surface area contributed by atoms with E-state index in [1.54, 1.807) is 0 Å². The van der Waals surface area contributed by atoms with Crippen LogP contribution in [0.1, 0.15) is 0 Å². The number of nitrogens with zero attached hydrogens (tertiary/aromatic N) is 4. The topological polar surface area (TPSA) is 35.6 Å². The summed E-state index contributed by atoms with van der Waals surface area (Å²) in [5.74, 6) is 1.58. The van der Waals surface area contributed by atoms with Gasteiger partial charge in [-0.25, -0.2) is 0 Å². The van der Waals surface area contributed by atoms with Crippen LogP contribution in [0.3, 0.4) is 0 Å². The molecule has 60 heavy (non-hydrogen) atoms. The number of aromatic nitrogens is 4. The molecule has 4 nitrogen and oxygen atoms in total. The molecular weight excluding hydrogens is 729 g/mol. The lowest BCUT2D eigenvalue weighted by molar-refractivity contribution is 1.07. The Kier molecular flexibility index (Phi) is 8.79. The molecule has 11 aromatic rings. The smallest absolute Gasteiger partial charge is 0.168 e. The highest BCUT2D eigenvalue weighted by molar-refractivity contribution is 6.09. The lowest BCUT2D eigenvalue weighted by Crippen LogP contribution is -2.00. The minimum Gasteiger partial charge on any atom is -0.309 e. The Bertz CT molecular complexity index is 3230. The average Bonchev–Trinajstić information content (AvgIpc) is 3.93. The molecule has 11 rings (SSSR count). The Morgan fingerprint density at radius 2 is 0.667 bits per heavy atom. The lowest BCUT2D eigenvalue weighted by atomic mass is 9.89. The second-order valence-electron chi connectivity index (χ2n) is 15.1. The first kappa shape index (κ1) is 35.1. The van der Waals surface area contributed by atoms with Gasteiger partial charge in [-0.15, -0.1) is 10.2 Å². The zero-order valence-electron chi connectivity index (χ0n) is 32.7. The highest BCUT2D eigenvalue weighted by Gasteiger charge is 2.19. The number of rotatable bonds is 8. The Morgan fingerprint density at radius 3 is 1.27 bits per heavy atom. The van der Waals surface area contributed by atoms with Crippen molar-refractivity contribution < 1.29 is 0 Å². The average molecular weight is 767 g/mol. The highest BCUT2D eigenvalue weighted by Crippen LogP contribution is 2.40. The van der Waals surface area contributed by atoms with E-state index >= 15 is 0 Å². The van der Waals surface area contributed by atoms with Crippen molar-refractivity contribution in [2.45, 2.75) is 0 Å². The quantitative estimate of drug-likeness (QED) is 0.154. The molecule has 282 valence electrons. The maximum atomic E-state index is 4.82. The van der Waals surface area contributed by atoms with Crippen LogP contribution >= 0.6 is 0 Å². The van der Waals surface area contributed by atoms with E-state index in [1.165, 1.54) is 49.6 Å². The van der Waals surface area contributed by atoms with E-state index in [0.717, 1.165) is 50.8 Å². The molecule has 9 aromatic carbocycles. The van der Waals surface area contributed by atoms with Crippen molar-refractivity contribution in [2.75, 3.05) is 0 Å². The third-order valence-electron chi connectivity index (χ3n) is 11.5. The van der Waals surface area contributed by atoms with Gasteiger partial charge in [0.05, 0.1) is 11.0 Å². The maximum absolute atomic E-state index is 4.82. The molecule has 0 atom stereocenters. The SMILES string of the molecule is c1ccc(-c2cccc(-c3nnc(-c4ccc(-c5ccccc5-c5ccccc5-c5ccc(-n6c7ccccc7c7ccccc76)cc5)cc4)n3-c3ccccc3)c2)cc1. The summed E-state index contributed by atoms with van der Waals surface area (Å²) < 4.78 is 4.53.